The van der Waals surface area contributed by atoms with Crippen molar-refractivity contribution in [3.05, 3.63) is 12.2 Å². The van der Waals surface area contributed by atoms with E-state index in [2.05, 4.69) is 11.9 Å². The Hall–Kier alpha value is -1.03. The lowest BCUT2D eigenvalue weighted by molar-refractivity contribution is -0.214. The number of methoxy groups -OCH3 is 2. The van der Waals surface area contributed by atoms with Gasteiger partial charge in [-0.2, -0.15) is 0 Å². The average Bonchev–Trinajstić information content (AvgIpc) is 2.66. The summed E-state index contributed by atoms with van der Waals surface area (Å²) in [4.78, 5) is 12.5. The molecular weight excluding hydrogens is 378 g/mol. The number of amides is 1. The smallest absolute Gasteiger partial charge is 0.253 e. The summed E-state index contributed by atoms with van der Waals surface area (Å²) in [6.07, 6.45) is -3.76. The van der Waals surface area contributed by atoms with Gasteiger partial charge in [-0.3, -0.25) is 4.79 Å². The van der Waals surface area contributed by atoms with E-state index in [1.165, 1.54) is 14.2 Å². The lowest BCUT2D eigenvalue weighted by Gasteiger charge is -2.47. The summed E-state index contributed by atoms with van der Waals surface area (Å²) < 4.78 is 16.8. The molecule has 4 N–H and O–H groups in total. The molecule has 1 fully saturated rings. The van der Waals surface area contributed by atoms with E-state index in [4.69, 9.17) is 14.2 Å². The van der Waals surface area contributed by atoms with Crippen molar-refractivity contribution in [2.75, 3.05) is 14.2 Å². The Morgan fingerprint density at radius 3 is 2.41 bits per heavy atom. The molecular formula is C21H39NO7. The summed E-state index contributed by atoms with van der Waals surface area (Å²) in [5.74, 6) is -0.655. The Balaban J connectivity index is 2.87. The van der Waals surface area contributed by atoms with E-state index in [9.17, 15) is 20.1 Å². The van der Waals surface area contributed by atoms with E-state index < -0.39 is 54.2 Å². The number of aliphatic hydroxyl groups excluding tert-OH is 3. The molecule has 8 nitrogen and oxygen atoms in total. The minimum atomic E-state index is -1.41. The number of nitrogens with one attached hydrogen (secondary N) is 1. The van der Waals surface area contributed by atoms with Crippen LogP contribution in [0.3, 0.4) is 0 Å². The Kier molecular flexibility index (Phi) is 10.2. The fourth-order valence-corrected chi connectivity index (χ4v) is 3.51. The van der Waals surface area contributed by atoms with Crippen LogP contribution < -0.4 is 5.32 Å². The largest absolute Gasteiger partial charge is 0.393 e. The zero-order valence-corrected chi connectivity index (χ0v) is 18.6. The second-order valence-corrected chi connectivity index (χ2v) is 8.58. The van der Waals surface area contributed by atoms with E-state index in [0.717, 1.165) is 5.57 Å². The number of carbonyl (C=O) groups excluding carboxylic acids is 1. The molecule has 0 aromatic heterocycles. The normalized spacial score (nSPS) is 28.2. The molecule has 1 rings (SSSR count). The van der Waals surface area contributed by atoms with Crippen LogP contribution in [-0.2, 0) is 19.0 Å². The minimum absolute atomic E-state index is 0.250. The first-order chi connectivity index (χ1) is 13.5. The number of rotatable bonds is 11. The summed E-state index contributed by atoms with van der Waals surface area (Å²) in [5.41, 5.74) is 0.224. The van der Waals surface area contributed by atoms with Crippen molar-refractivity contribution in [2.45, 2.75) is 96.2 Å². The molecule has 1 aliphatic heterocycles. The van der Waals surface area contributed by atoms with Crippen LogP contribution >= 0.6 is 0 Å². The number of hydrogen-bond donors (Lipinski definition) is 4. The van der Waals surface area contributed by atoms with E-state index in [1.54, 1.807) is 6.92 Å². The highest BCUT2D eigenvalue weighted by Gasteiger charge is 2.47. The van der Waals surface area contributed by atoms with Gasteiger partial charge in [0.05, 0.1) is 24.4 Å². The Morgan fingerprint density at radius 1 is 1.31 bits per heavy atom. The average molecular weight is 418 g/mol. The molecule has 0 aromatic carbocycles. The fourth-order valence-electron chi connectivity index (χ4n) is 3.51. The zero-order chi connectivity index (χ0) is 22.4. The van der Waals surface area contributed by atoms with Gasteiger partial charge in [0.2, 0.25) is 0 Å². The zero-order valence-electron chi connectivity index (χ0n) is 18.6. The SMILES string of the molecule is C=C(C)C[C@H](OC)[C@H](O)C(=O)N[C@@H](OC)[C@@H]1C[C@@H](O)C(C)(C)[C@@H](C[C@H](O)CC)O1. The van der Waals surface area contributed by atoms with Crippen LogP contribution in [0.2, 0.25) is 0 Å². The summed E-state index contributed by atoms with van der Waals surface area (Å²) in [7, 11) is 2.84. The van der Waals surface area contributed by atoms with Gasteiger partial charge in [-0.1, -0.05) is 26.3 Å². The van der Waals surface area contributed by atoms with Crippen molar-refractivity contribution in [3.63, 3.8) is 0 Å². The van der Waals surface area contributed by atoms with E-state index in [-0.39, 0.29) is 6.42 Å². The highest BCUT2D eigenvalue weighted by molar-refractivity contribution is 5.81. The molecule has 8 heteroatoms. The Bertz CT molecular complexity index is 539. The molecule has 29 heavy (non-hydrogen) atoms. The topological polar surface area (TPSA) is 117 Å². The number of ether oxygens (including phenoxy) is 3. The molecule has 0 spiro atoms. The maximum atomic E-state index is 12.5. The number of carbonyl (C=O) groups is 1. The van der Waals surface area contributed by atoms with Crippen molar-refractivity contribution >= 4 is 5.91 Å². The van der Waals surface area contributed by atoms with Crippen molar-refractivity contribution < 1.29 is 34.3 Å². The van der Waals surface area contributed by atoms with Crippen molar-refractivity contribution in [1.29, 1.82) is 0 Å². The molecule has 0 unspecified atom stereocenters. The van der Waals surface area contributed by atoms with Crippen molar-refractivity contribution in [3.8, 4) is 0 Å². The lowest BCUT2D eigenvalue weighted by Crippen LogP contribution is -2.59. The Labute approximate surface area is 174 Å². The summed E-state index contributed by atoms with van der Waals surface area (Å²) in [6, 6.07) is 0. The van der Waals surface area contributed by atoms with Crippen molar-refractivity contribution in [1.82, 2.24) is 5.32 Å². The first kappa shape index (κ1) is 26.0. The van der Waals surface area contributed by atoms with E-state index >= 15 is 0 Å². The van der Waals surface area contributed by atoms with E-state index in [1.807, 2.05) is 20.8 Å². The molecule has 1 saturated heterocycles. The van der Waals surface area contributed by atoms with Crippen molar-refractivity contribution in [2.24, 2.45) is 5.41 Å². The van der Waals surface area contributed by atoms with Gasteiger partial charge in [0.25, 0.3) is 5.91 Å². The molecule has 1 aliphatic rings. The molecule has 0 aliphatic carbocycles. The van der Waals surface area contributed by atoms with Crippen LogP contribution in [-0.4, -0.2) is 78.3 Å². The van der Waals surface area contributed by atoms with Gasteiger partial charge >= 0.3 is 0 Å². The third-order valence-corrected chi connectivity index (χ3v) is 5.79. The fraction of sp³-hybridized carbons (Fsp3) is 0.857. The van der Waals surface area contributed by atoms with Gasteiger partial charge < -0.3 is 34.8 Å². The first-order valence-electron chi connectivity index (χ1n) is 10.2. The van der Waals surface area contributed by atoms with Crippen LogP contribution in [0.15, 0.2) is 12.2 Å². The van der Waals surface area contributed by atoms with Crippen LogP contribution in [0.1, 0.15) is 53.4 Å². The van der Waals surface area contributed by atoms with Crippen LogP contribution in [0.5, 0.6) is 0 Å². The third kappa shape index (κ3) is 7.01. The van der Waals surface area contributed by atoms with Gasteiger partial charge in [-0.05, 0) is 19.8 Å². The van der Waals surface area contributed by atoms with Gasteiger partial charge in [0.1, 0.15) is 6.10 Å². The lowest BCUT2D eigenvalue weighted by atomic mass is 9.74. The molecule has 0 saturated carbocycles. The molecule has 170 valence electrons. The molecule has 7 atom stereocenters. The van der Waals surface area contributed by atoms with Gasteiger partial charge in [0.15, 0.2) is 12.3 Å². The molecule has 0 aromatic rings. The standard InChI is InChI=1S/C21H39NO7/c1-8-13(23)10-17-21(4,5)16(24)11-15(29-17)20(28-7)22-19(26)18(25)14(27-6)9-12(2)3/h13-18,20,23-25H,2,8-11H2,1,3-7H3,(H,22,26)/t13-,14+,15+,16-,17-,18+,20+/m1/s1. The van der Waals surface area contributed by atoms with Gasteiger partial charge in [-0.15, -0.1) is 6.58 Å². The first-order valence-corrected chi connectivity index (χ1v) is 10.2. The third-order valence-electron chi connectivity index (χ3n) is 5.79. The van der Waals surface area contributed by atoms with Crippen LogP contribution in [0.4, 0.5) is 0 Å². The predicted molar refractivity (Wildman–Crippen MR) is 109 cm³/mol. The minimum Gasteiger partial charge on any atom is -0.393 e. The highest BCUT2D eigenvalue weighted by atomic mass is 16.6. The highest BCUT2D eigenvalue weighted by Crippen LogP contribution is 2.39. The molecule has 0 bridgehead atoms. The van der Waals surface area contributed by atoms with Gasteiger partial charge in [0, 0.05) is 32.5 Å². The molecule has 1 heterocycles. The second-order valence-electron chi connectivity index (χ2n) is 8.58. The van der Waals surface area contributed by atoms with Gasteiger partial charge in [-0.25, -0.2) is 0 Å². The summed E-state index contributed by atoms with van der Waals surface area (Å²) in [6.45, 7) is 11.2. The van der Waals surface area contributed by atoms with Crippen LogP contribution in [0.25, 0.3) is 0 Å². The number of aliphatic hydroxyl groups is 3. The predicted octanol–water partition coefficient (Wildman–Crippen LogP) is 1.12. The quantitative estimate of drug-likeness (QED) is 0.294. The van der Waals surface area contributed by atoms with E-state index in [0.29, 0.717) is 19.3 Å². The number of hydrogen-bond acceptors (Lipinski definition) is 7. The molecule has 0 radical (unpaired) electrons. The van der Waals surface area contributed by atoms with Crippen LogP contribution in [0, 0.1) is 5.41 Å². The second kappa shape index (κ2) is 11.4. The maximum absolute atomic E-state index is 12.5. The maximum Gasteiger partial charge on any atom is 0.253 e. The monoisotopic (exact) mass is 417 g/mol. The summed E-state index contributed by atoms with van der Waals surface area (Å²) >= 11 is 0. The molecule has 1 amide bonds. The summed E-state index contributed by atoms with van der Waals surface area (Å²) in [5, 5.41) is 33.7. The Morgan fingerprint density at radius 2 is 1.93 bits per heavy atom.